The van der Waals surface area contributed by atoms with Crippen LogP contribution in [0.5, 0.6) is 0 Å². The maximum atomic E-state index is 5.29. The van der Waals surface area contributed by atoms with Crippen molar-refractivity contribution in [2.75, 3.05) is 7.11 Å². The van der Waals surface area contributed by atoms with E-state index in [2.05, 4.69) is 34.6 Å². The fourth-order valence-corrected chi connectivity index (χ4v) is 2.49. The maximum Gasteiger partial charge on any atom is 0.0746 e. The lowest BCUT2D eigenvalue weighted by molar-refractivity contribution is 0.0170. The molecule has 0 atom stereocenters. The van der Waals surface area contributed by atoms with Crippen molar-refractivity contribution >= 4 is 10.9 Å². The van der Waals surface area contributed by atoms with Crippen molar-refractivity contribution in [3.05, 3.63) is 42.1 Å². The van der Waals surface area contributed by atoms with Gasteiger partial charge >= 0.3 is 0 Å². The van der Waals surface area contributed by atoms with E-state index in [1.54, 1.807) is 7.11 Å². The summed E-state index contributed by atoms with van der Waals surface area (Å²) in [6.07, 6.45) is 4.55. The van der Waals surface area contributed by atoms with Gasteiger partial charge in [-0.15, -0.1) is 0 Å². The van der Waals surface area contributed by atoms with E-state index in [9.17, 15) is 0 Å². The van der Waals surface area contributed by atoms with E-state index in [4.69, 9.17) is 4.74 Å². The fraction of sp³-hybridized carbons (Fsp3) is 0.400. The molecule has 1 N–H and O–H groups in total. The van der Waals surface area contributed by atoms with E-state index in [1.807, 2.05) is 12.3 Å². The highest BCUT2D eigenvalue weighted by Crippen LogP contribution is 2.23. The zero-order chi connectivity index (χ0) is 12.4. The first-order chi connectivity index (χ1) is 8.86. The van der Waals surface area contributed by atoms with Crippen LogP contribution in [0.1, 0.15) is 18.4 Å². The van der Waals surface area contributed by atoms with E-state index >= 15 is 0 Å². The Morgan fingerprint density at radius 2 is 2.11 bits per heavy atom. The number of rotatable bonds is 4. The number of hydrogen-bond donors (Lipinski definition) is 1. The van der Waals surface area contributed by atoms with Gasteiger partial charge in [-0.1, -0.05) is 24.3 Å². The van der Waals surface area contributed by atoms with Crippen LogP contribution in [0, 0.1) is 0 Å². The summed E-state index contributed by atoms with van der Waals surface area (Å²) in [5.74, 6) is 0. The molecule has 0 bridgehead atoms. The molecule has 1 fully saturated rings. The molecule has 1 heterocycles. The van der Waals surface area contributed by atoms with Gasteiger partial charge in [0.25, 0.3) is 0 Å². The highest BCUT2D eigenvalue weighted by molar-refractivity contribution is 5.81. The number of pyridine rings is 1. The van der Waals surface area contributed by atoms with Crippen molar-refractivity contribution in [3.63, 3.8) is 0 Å². The van der Waals surface area contributed by atoms with E-state index in [1.165, 1.54) is 10.9 Å². The number of ether oxygens (including phenoxy) is 1. The summed E-state index contributed by atoms with van der Waals surface area (Å²) >= 11 is 0. The molecule has 3 rings (SSSR count). The summed E-state index contributed by atoms with van der Waals surface area (Å²) in [5.41, 5.74) is 2.38. The van der Waals surface area contributed by atoms with Crippen LogP contribution in [0.25, 0.3) is 10.9 Å². The molecule has 0 unspecified atom stereocenters. The van der Waals surface area contributed by atoms with E-state index < -0.39 is 0 Å². The largest absolute Gasteiger partial charge is 0.381 e. The molecule has 3 nitrogen and oxygen atoms in total. The van der Waals surface area contributed by atoms with Gasteiger partial charge < -0.3 is 10.1 Å². The zero-order valence-electron chi connectivity index (χ0n) is 10.6. The van der Waals surface area contributed by atoms with Crippen LogP contribution < -0.4 is 5.32 Å². The molecule has 2 aromatic rings. The van der Waals surface area contributed by atoms with Crippen LogP contribution in [-0.2, 0) is 11.3 Å². The van der Waals surface area contributed by atoms with Gasteiger partial charge in [0.2, 0.25) is 0 Å². The first kappa shape index (κ1) is 11.6. The summed E-state index contributed by atoms with van der Waals surface area (Å²) < 4.78 is 5.29. The molecule has 1 aromatic carbocycles. The Labute approximate surface area is 107 Å². The lowest BCUT2D eigenvalue weighted by Crippen LogP contribution is -2.44. The minimum atomic E-state index is 0.452. The summed E-state index contributed by atoms with van der Waals surface area (Å²) in [5, 5.41) is 4.78. The van der Waals surface area contributed by atoms with E-state index in [-0.39, 0.29) is 0 Å². The van der Waals surface area contributed by atoms with Crippen molar-refractivity contribution in [2.24, 2.45) is 0 Å². The molecule has 3 heteroatoms. The second-order valence-corrected chi connectivity index (χ2v) is 4.90. The number of aromatic nitrogens is 1. The van der Waals surface area contributed by atoms with Gasteiger partial charge in [-0.3, -0.25) is 4.98 Å². The SMILES string of the molecule is COC1CC(NCc2cccc3cccnc23)C1. The number of benzene rings is 1. The Balaban J connectivity index is 1.68. The molecule has 0 aliphatic heterocycles. The number of nitrogens with one attached hydrogen (secondary N) is 1. The molecule has 18 heavy (non-hydrogen) atoms. The molecule has 94 valence electrons. The zero-order valence-corrected chi connectivity index (χ0v) is 10.6. The molecular formula is C15H18N2O. The monoisotopic (exact) mass is 242 g/mol. The first-order valence-electron chi connectivity index (χ1n) is 6.45. The number of nitrogens with zero attached hydrogens (tertiary/aromatic N) is 1. The molecule has 0 radical (unpaired) electrons. The third kappa shape index (κ3) is 2.24. The smallest absolute Gasteiger partial charge is 0.0746 e. The van der Waals surface area contributed by atoms with E-state index in [0.717, 1.165) is 24.9 Å². The van der Waals surface area contributed by atoms with Crippen molar-refractivity contribution in [3.8, 4) is 0 Å². The molecule has 0 saturated heterocycles. The van der Waals surface area contributed by atoms with Crippen LogP contribution in [-0.4, -0.2) is 24.2 Å². The second kappa shape index (κ2) is 5.04. The summed E-state index contributed by atoms with van der Waals surface area (Å²) in [7, 11) is 1.79. The number of fused-ring (bicyclic) bond motifs is 1. The molecule has 1 aliphatic rings. The minimum absolute atomic E-state index is 0.452. The predicted octanol–water partition coefficient (Wildman–Crippen LogP) is 2.50. The Bertz CT molecular complexity index is 530. The number of methoxy groups -OCH3 is 1. The fourth-order valence-electron chi connectivity index (χ4n) is 2.49. The average Bonchev–Trinajstić information content (AvgIpc) is 2.37. The summed E-state index contributed by atoms with van der Waals surface area (Å²) in [4.78, 5) is 4.47. The van der Waals surface area contributed by atoms with Crippen molar-refractivity contribution in [1.82, 2.24) is 10.3 Å². The standard InChI is InChI=1S/C15H18N2O/c1-18-14-8-13(9-14)17-10-12-5-2-4-11-6-3-7-16-15(11)12/h2-7,13-14,17H,8-10H2,1H3. The van der Waals surface area contributed by atoms with Crippen molar-refractivity contribution < 1.29 is 4.74 Å². The highest BCUT2D eigenvalue weighted by atomic mass is 16.5. The molecular weight excluding hydrogens is 224 g/mol. The van der Waals surface area contributed by atoms with Crippen LogP contribution in [0.2, 0.25) is 0 Å². The third-order valence-electron chi connectivity index (χ3n) is 3.73. The van der Waals surface area contributed by atoms with Crippen LogP contribution in [0.15, 0.2) is 36.5 Å². The molecule has 0 spiro atoms. The van der Waals surface area contributed by atoms with Crippen LogP contribution in [0.4, 0.5) is 0 Å². The molecule has 1 aliphatic carbocycles. The number of para-hydroxylation sites is 1. The Morgan fingerprint density at radius 1 is 1.28 bits per heavy atom. The van der Waals surface area contributed by atoms with Gasteiger partial charge in [0.15, 0.2) is 0 Å². The Hall–Kier alpha value is -1.45. The van der Waals surface area contributed by atoms with Crippen molar-refractivity contribution in [2.45, 2.75) is 31.5 Å². The molecule has 1 aromatic heterocycles. The summed E-state index contributed by atoms with van der Waals surface area (Å²) in [6.45, 7) is 0.884. The number of hydrogen-bond acceptors (Lipinski definition) is 3. The van der Waals surface area contributed by atoms with Gasteiger partial charge in [0.05, 0.1) is 11.6 Å². The third-order valence-corrected chi connectivity index (χ3v) is 3.73. The maximum absolute atomic E-state index is 5.29. The van der Waals surface area contributed by atoms with Gasteiger partial charge in [0, 0.05) is 31.3 Å². The Kier molecular flexibility index (Phi) is 3.26. The van der Waals surface area contributed by atoms with Crippen molar-refractivity contribution in [1.29, 1.82) is 0 Å². The first-order valence-corrected chi connectivity index (χ1v) is 6.45. The minimum Gasteiger partial charge on any atom is -0.381 e. The van der Waals surface area contributed by atoms with E-state index in [0.29, 0.717) is 12.1 Å². The lowest BCUT2D eigenvalue weighted by Gasteiger charge is -2.34. The summed E-state index contributed by atoms with van der Waals surface area (Å²) in [6, 6.07) is 11.0. The highest BCUT2D eigenvalue weighted by Gasteiger charge is 2.28. The van der Waals surface area contributed by atoms with Crippen LogP contribution >= 0.6 is 0 Å². The van der Waals surface area contributed by atoms with Gasteiger partial charge in [0.1, 0.15) is 0 Å². The lowest BCUT2D eigenvalue weighted by atomic mass is 9.89. The second-order valence-electron chi connectivity index (χ2n) is 4.90. The van der Waals surface area contributed by atoms with Gasteiger partial charge in [-0.2, -0.15) is 0 Å². The topological polar surface area (TPSA) is 34.1 Å². The quantitative estimate of drug-likeness (QED) is 0.894. The van der Waals surface area contributed by atoms with Crippen LogP contribution in [0.3, 0.4) is 0 Å². The molecule has 0 amide bonds. The average molecular weight is 242 g/mol. The predicted molar refractivity (Wildman–Crippen MR) is 72.4 cm³/mol. The normalized spacial score (nSPS) is 22.9. The molecule has 1 saturated carbocycles. The van der Waals surface area contributed by atoms with Gasteiger partial charge in [-0.05, 0) is 24.5 Å². The Morgan fingerprint density at radius 3 is 2.94 bits per heavy atom. The van der Waals surface area contributed by atoms with Gasteiger partial charge in [-0.25, -0.2) is 0 Å².